The minimum Gasteiger partial charge on any atom is -0.457 e. The second-order valence-corrected chi connectivity index (χ2v) is 5.86. The van der Waals surface area contributed by atoms with Crippen molar-refractivity contribution in [3.63, 3.8) is 0 Å². The van der Waals surface area contributed by atoms with E-state index in [1.54, 1.807) is 36.4 Å². The summed E-state index contributed by atoms with van der Waals surface area (Å²) in [6.45, 7) is 0. The van der Waals surface area contributed by atoms with Crippen molar-refractivity contribution in [2.24, 2.45) is 0 Å². The maximum atomic E-state index is 12.3. The van der Waals surface area contributed by atoms with Gasteiger partial charge in [-0.2, -0.15) is 0 Å². The fraction of sp³-hybridized carbons (Fsp3) is 0. The van der Waals surface area contributed by atoms with Crippen molar-refractivity contribution in [3.05, 3.63) is 88.4 Å². The van der Waals surface area contributed by atoms with Crippen molar-refractivity contribution in [1.29, 1.82) is 0 Å². The van der Waals surface area contributed by atoms with Gasteiger partial charge >= 0.3 is 0 Å². The lowest BCUT2D eigenvalue weighted by atomic mass is 10.2. The van der Waals surface area contributed by atoms with Crippen molar-refractivity contribution in [3.8, 4) is 11.5 Å². The lowest BCUT2D eigenvalue weighted by Crippen LogP contribution is -2.12. The molecule has 0 saturated heterocycles. The molecule has 3 aromatic carbocycles. The Morgan fingerprint density at radius 2 is 1.50 bits per heavy atom. The van der Waals surface area contributed by atoms with Crippen LogP contribution in [0.3, 0.4) is 0 Å². The largest absolute Gasteiger partial charge is 0.457 e. The molecule has 120 valence electrons. The number of ether oxygens (including phenoxy) is 1. The molecule has 0 aromatic heterocycles. The zero-order chi connectivity index (χ0) is 16.9. The highest BCUT2D eigenvalue weighted by Gasteiger charge is 2.11. The molecule has 0 aliphatic heterocycles. The number of carbonyl (C=O) groups is 1. The Morgan fingerprint density at radius 3 is 2.21 bits per heavy atom. The number of halogens is 2. The van der Waals surface area contributed by atoms with E-state index < -0.39 is 0 Å². The molecular weight excluding hydrogens is 345 g/mol. The lowest BCUT2D eigenvalue weighted by molar-refractivity contribution is 0.102. The van der Waals surface area contributed by atoms with Crippen LogP contribution in [-0.2, 0) is 0 Å². The van der Waals surface area contributed by atoms with Crippen LogP contribution in [0, 0.1) is 0 Å². The molecule has 24 heavy (non-hydrogen) atoms. The highest BCUT2D eigenvalue weighted by Crippen LogP contribution is 2.24. The average Bonchev–Trinajstić information content (AvgIpc) is 2.59. The standard InChI is InChI=1S/C19H13Cl2NO2/c20-13-6-11-18(21)17(12-13)19(23)22-14-7-9-16(10-8-14)24-15-4-2-1-3-5-15/h1-12H,(H,22,23). The highest BCUT2D eigenvalue weighted by atomic mass is 35.5. The van der Waals surface area contributed by atoms with Crippen LogP contribution in [0.5, 0.6) is 11.5 Å². The van der Waals surface area contributed by atoms with Crippen LogP contribution in [0.2, 0.25) is 10.0 Å². The molecular formula is C19H13Cl2NO2. The van der Waals surface area contributed by atoms with Crippen molar-refractivity contribution in [1.82, 2.24) is 0 Å². The third-order valence-electron chi connectivity index (χ3n) is 3.26. The van der Waals surface area contributed by atoms with Gasteiger partial charge in [0.15, 0.2) is 0 Å². The summed E-state index contributed by atoms with van der Waals surface area (Å²) in [5.74, 6) is 1.11. The summed E-state index contributed by atoms with van der Waals surface area (Å²) >= 11 is 11.9. The van der Waals surface area contributed by atoms with E-state index in [0.717, 1.165) is 5.75 Å². The van der Waals surface area contributed by atoms with Gasteiger partial charge in [-0.25, -0.2) is 0 Å². The molecule has 0 saturated carbocycles. The van der Waals surface area contributed by atoms with Crippen molar-refractivity contribution >= 4 is 34.8 Å². The summed E-state index contributed by atoms with van der Waals surface area (Å²) in [6, 6.07) is 21.3. The topological polar surface area (TPSA) is 38.3 Å². The number of anilines is 1. The molecule has 5 heteroatoms. The fourth-order valence-corrected chi connectivity index (χ4v) is 2.48. The molecule has 0 radical (unpaired) electrons. The molecule has 1 N–H and O–H groups in total. The van der Waals surface area contributed by atoms with Gasteiger partial charge in [0.1, 0.15) is 11.5 Å². The minimum atomic E-state index is -0.320. The second-order valence-electron chi connectivity index (χ2n) is 5.02. The van der Waals surface area contributed by atoms with E-state index >= 15 is 0 Å². The first-order chi connectivity index (χ1) is 11.6. The first-order valence-corrected chi connectivity index (χ1v) is 7.97. The van der Waals surface area contributed by atoms with Crippen LogP contribution in [0.4, 0.5) is 5.69 Å². The molecule has 1 amide bonds. The molecule has 0 spiro atoms. The summed E-state index contributed by atoms with van der Waals surface area (Å²) in [5.41, 5.74) is 0.963. The fourth-order valence-electron chi connectivity index (χ4n) is 2.10. The van der Waals surface area contributed by atoms with Crippen LogP contribution in [0.1, 0.15) is 10.4 Å². The van der Waals surface area contributed by atoms with Crippen LogP contribution in [0.25, 0.3) is 0 Å². The molecule has 0 aliphatic carbocycles. The van der Waals surface area contributed by atoms with E-state index in [4.69, 9.17) is 27.9 Å². The Bertz CT molecular complexity index is 849. The van der Waals surface area contributed by atoms with E-state index in [0.29, 0.717) is 27.0 Å². The first kappa shape index (κ1) is 16.4. The van der Waals surface area contributed by atoms with Crippen molar-refractivity contribution in [2.45, 2.75) is 0 Å². The molecule has 0 bridgehead atoms. The van der Waals surface area contributed by atoms with Crippen LogP contribution in [-0.4, -0.2) is 5.91 Å². The van der Waals surface area contributed by atoms with E-state index in [2.05, 4.69) is 5.32 Å². The molecule has 0 fully saturated rings. The predicted octanol–water partition coefficient (Wildman–Crippen LogP) is 6.04. The van der Waals surface area contributed by atoms with Crippen molar-refractivity contribution in [2.75, 3.05) is 5.32 Å². The van der Waals surface area contributed by atoms with E-state index in [-0.39, 0.29) is 5.91 Å². The van der Waals surface area contributed by atoms with Crippen molar-refractivity contribution < 1.29 is 9.53 Å². The Hall–Kier alpha value is -2.49. The van der Waals surface area contributed by atoms with Gasteiger partial charge in [-0.3, -0.25) is 4.79 Å². The van der Waals surface area contributed by atoms with E-state index in [9.17, 15) is 4.79 Å². The molecule has 3 rings (SSSR count). The van der Waals surface area contributed by atoms with Gasteiger partial charge in [-0.1, -0.05) is 41.4 Å². The second kappa shape index (κ2) is 7.39. The van der Waals surface area contributed by atoms with Crippen LogP contribution >= 0.6 is 23.2 Å². The van der Waals surface area contributed by atoms with Gasteiger partial charge in [0.2, 0.25) is 0 Å². The maximum Gasteiger partial charge on any atom is 0.257 e. The molecule has 0 aliphatic rings. The normalized spacial score (nSPS) is 10.2. The Balaban J connectivity index is 1.70. The van der Waals surface area contributed by atoms with E-state index in [1.807, 2.05) is 30.3 Å². The minimum absolute atomic E-state index is 0.320. The zero-order valence-electron chi connectivity index (χ0n) is 12.5. The van der Waals surface area contributed by atoms with Gasteiger partial charge in [0.05, 0.1) is 10.6 Å². The number of nitrogens with one attached hydrogen (secondary N) is 1. The van der Waals surface area contributed by atoms with Crippen LogP contribution in [0.15, 0.2) is 72.8 Å². The zero-order valence-corrected chi connectivity index (χ0v) is 14.0. The van der Waals surface area contributed by atoms with Gasteiger partial charge < -0.3 is 10.1 Å². The third-order valence-corrected chi connectivity index (χ3v) is 3.83. The van der Waals surface area contributed by atoms with Gasteiger partial charge in [-0.15, -0.1) is 0 Å². The van der Waals surface area contributed by atoms with Gasteiger partial charge in [0, 0.05) is 10.7 Å². The Labute approximate surface area is 149 Å². The summed E-state index contributed by atoms with van der Waals surface area (Å²) in [5, 5.41) is 3.58. The number of amides is 1. The van der Waals surface area contributed by atoms with Crippen LogP contribution < -0.4 is 10.1 Å². The number of para-hydroxylation sites is 1. The average molecular weight is 358 g/mol. The number of hydrogen-bond acceptors (Lipinski definition) is 2. The molecule has 0 atom stereocenters. The molecule has 0 heterocycles. The number of benzene rings is 3. The predicted molar refractivity (Wildman–Crippen MR) is 97.4 cm³/mol. The van der Waals surface area contributed by atoms with E-state index in [1.165, 1.54) is 6.07 Å². The number of hydrogen-bond donors (Lipinski definition) is 1. The monoisotopic (exact) mass is 357 g/mol. The number of rotatable bonds is 4. The summed E-state index contributed by atoms with van der Waals surface area (Å²) in [7, 11) is 0. The third kappa shape index (κ3) is 4.07. The van der Waals surface area contributed by atoms with Gasteiger partial charge in [-0.05, 0) is 54.6 Å². The summed E-state index contributed by atoms with van der Waals surface area (Å²) in [4.78, 5) is 12.3. The SMILES string of the molecule is O=C(Nc1ccc(Oc2ccccc2)cc1)c1cc(Cl)ccc1Cl. The molecule has 3 nitrogen and oxygen atoms in total. The molecule has 0 unspecified atom stereocenters. The summed E-state index contributed by atoms with van der Waals surface area (Å²) < 4.78 is 5.71. The first-order valence-electron chi connectivity index (χ1n) is 7.21. The van der Waals surface area contributed by atoms with Gasteiger partial charge in [0.25, 0.3) is 5.91 Å². The molecule has 3 aromatic rings. The Morgan fingerprint density at radius 1 is 0.833 bits per heavy atom. The quantitative estimate of drug-likeness (QED) is 0.618. The summed E-state index contributed by atoms with van der Waals surface area (Å²) in [6.07, 6.45) is 0. The maximum absolute atomic E-state index is 12.3. The highest BCUT2D eigenvalue weighted by molar-refractivity contribution is 6.36. The smallest absolute Gasteiger partial charge is 0.257 e. The Kier molecular flexibility index (Phi) is 5.04. The lowest BCUT2D eigenvalue weighted by Gasteiger charge is -2.09. The number of carbonyl (C=O) groups excluding carboxylic acids is 1.